The van der Waals surface area contributed by atoms with Crippen molar-refractivity contribution in [2.24, 2.45) is 7.05 Å². The van der Waals surface area contributed by atoms with Crippen LogP contribution in [0.4, 0.5) is 0 Å². The lowest BCUT2D eigenvalue weighted by Crippen LogP contribution is -2.13. The van der Waals surface area contributed by atoms with E-state index in [9.17, 15) is 0 Å². The van der Waals surface area contributed by atoms with Crippen LogP contribution in [0.2, 0.25) is 0 Å². The maximum Gasteiger partial charge on any atom is 0.165 e. The van der Waals surface area contributed by atoms with Gasteiger partial charge in [0.05, 0.1) is 23.6 Å². The van der Waals surface area contributed by atoms with Gasteiger partial charge in [0.15, 0.2) is 5.75 Å². The zero-order chi connectivity index (χ0) is 14.7. The van der Waals surface area contributed by atoms with Crippen molar-refractivity contribution in [1.82, 2.24) is 20.1 Å². The van der Waals surface area contributed by atoms with Crippen LogP contribution in [0.15, 0.2) is 42.7 Å². The van der Waals surface area contributed by atoms with Crippen molar-refractivity contribution in [3.8, 4) is 11.5 Å². The first-order valence-electron chi connectivity index (χ1n) is 7.02. The number of pyridine rings is 1. The minimum atomic E-state index is 0.725. The number of nitrogens with zero attached hydrogens (tertiary/aromatic N) is 3. The molecule has 0 aliphatic heterocycles. The van der Waals surface area contributed by atoms with Gasteiger partial charge in [0.25, 0.3) is 0 Å². The number of rotatable bonds is 5. The van der Waals surface area contributed by atoms with Gasteiger partial charge in [0, 0.05) is 25.0 Å². The second kappa shape index (κ2) is 5.93. The lowest BCUT2D eigenvalue weighted by Gasteiger charge is -2.10. The quantitative estimate of drug-likeness (QED) is 0.782. The molecule has 21 heavy (non-hydrogen) atoms. The highest BCUT2D eigenvalue weighted by Crippen LogP contribution is 2.29. The molecule has 0 aliphatic rings. The summed E-state index contributed by atoms with van der Waals surface area (Å²) in [4.78, 5) is 4.66. The second-order valence-electron chi connectivity index (χ2n) is 4.86. The van der Waals surface area contributed by atoms with Gasteiger partial charge in [-0.1, -0.05) is 19.1 Å². The van der Waals surface area contributed by atoms with E-state index >= 15 is 0 Å². The smallest absolute Gasteiger partial charge is 0.165 e. The summed E-state index contributed by atoms with van der Waals surface area (Å²) < 4.78 is 7.70. The van der Waals surface area contributed by atoms with Gasteiger partial charge in [-0.25, -0.2) is 0 Å². The molecule has 2 heterocycles. The molecule has 0 unspecified atom stereocenters. The molecule has 5 nitrogen and oxygen atoms in total. The number of hydrogen-bond acceptors (Lipinski definition) is 4. The first-order chi connectivity index (χ1) is 10.3. The van der Waals surface area contributed by atoms with Gasteiger partial charge in [-0.3, -0.25) is 9.67 Å². The summed E-state index contributed by atoms with van der Waals surface area (Å²) in [6.07, 6.45) is 3.55. The zero-order valence-electron chi connectivity index (χ0n) is 12.2. The number of aryl methyl sites for hydroxylation is 1. The molecule has 108 valence electrons. The summed E-state index contributed by atoms with van der Waals surface area (Å²) in [5.74, 6) is 1.53. The van der Waals surface area contributed by atoms with E-state index < -0.39 is 0 Å². The number of aromatic nitrogens is 3. The molecular weight excluding hydrogens is 264 g/mol. The Morgan fingerprint density at radius 3 is 2.90 bits per heavy atom. The summed E-state index contributed by atoms with van der Waals surface area (Å²) in [5, 5.41) is 8.42. The van der Waals surface area contributed by atoms with E-state index in [-0.39, 0.29) is 0 Å². The number of nitrogens with one attached hydrogen (secondary N) is 1. The SMILES string of the molecule is CCNCc1cc(Oc2cnn(C)c2)c2ccccc2n1. The Bertz CT molecular complexity index is 751. The first kappa shape index (κ1) is 13.6. The van der Waals surface area contributed by atoms with Crippen LogP contribution in [0.25, 0.3) is 10.9 Å². The van der Waals surface area contributed by atoms with Gasteiger partial charge >= 0.3 is 0 Å². The molecular formula is C16H18N4O. The van der Waals surface area contributed by atoms with Gasteiger partial charge < -0.3 is 10.1 Å². The van der Waals surface area contributed by atoms with Crippen LogP contribution in [0.3, 0.4) is 0 Å². The number of hydrogen-bond donors (Lipinski definition) is 1. The Balaban J connectivity index is 2.01. The molecule has 0 amide bonds. The fourth-order valence-electron chi connectivity index (χ4n) is 2.20. The van der Waals surface area contributed by atoms with Gasteiger partial charge in [0.2, 0.25) is 0 Å². The van der Waals surface area contributed by atoms with Crippen molar-refractivity contribution in [2.45, 2.75) is 13.5 Å². The molecule has 0 bridgehead atoms. The van der Waals surface area contributed by atoms with Crippen LogP contribution in [-0.4, -0.2) is 21.3 Å². The highest BCUT2D eigenvalue weighted by Gasteiger charge is 2.08. The molecule has 1 aromatic carbocycles. The molecule has 1 N–H and O–H groups in total. The largest absolute Gasteiger partial charge is 0.453 e. The Hall–Kier alpha value is -2.40. The van der Waals surface area contributed by atoms with Crippen LogP contribution in [0, 0.1) is 0 Å². The minimum absolute atomic E-state index is 0.725. The Morgan fingerprint density at radius 1 is 1.29 bits per heavy atom. The van der Waals surface area contributed by atoms with E-state index in [1.165, 1.54) is 0 Å². The second-order valence-corrected chi connectivity index (χ2v) is 4.86. The molecule has 3 aromatic rings. The van der Waals surface area contributed by atoms with Gasteiger partial charge in [-0.15, -0.1) is 0 Å². The van der Waals surface area contributed by atoms with E-state index in [1.54, 1.807) is 10.9 Å². The molecule has 0 fully saturated rings. The summed E-state index contributed by atoms with van der Waals surface area (Å²) in [5.41, 5.74) is 1.90. The highest BCUT2D eigenvalue weighted by atomic mass is 16.5. The van der Waals surface area contributed by atoms with Crippen LogP contribution in [0.5, 0.6) is 11.5 Å². The number of fused-ring (bicyclic) bond motifs is 1. The first-order valence-corrected chi connectivity index (χ1v) is 7.02. The van der Waals surface area contributed by atoms with Gasteiger partial charge in [-0.2, -0.15) is 5.10 Å². The van der Waals surface area contributed by atoms with Crippen LogP contribution >= 0.6 is 0 Å². The van der Waals surface area contributed by atoms with E-state index in [4.69, 9.17) is 4.74 Å². The zero-order valence-corrected chi connectivity index (χ0v) is 12.2. The predicted molar refractivity (Wildman–Crippen MR) is 82.4 cm³/mol. The summed E-state index contributed by atoms with van der Waals surface area (Å²) >= 11 is 0. The average molecular weight is 282 g/mol. The van der Waals surface area contributed by atoms with Crippen molar-refractivity contribution in [2.75, 3.05) is 6.54 Å². The molecule has 5 heteroatoms. The summed E-state index contributed by atoms with van der Waals surface area (Å²) in [6.45, 7) is 3.71. The van der Waals surface area contributed by atoms with E-state index in [2.05, 4.69) is 22.3 Å². The summed E-state index contributed by atoms with van der Waals surface area (Å²) in [7, 11) is 1.87. The average Bonchev–Trinajstić information content (AvgIpc) is 2.90. The maximum absolute atomic E-state index is 5.98. The lowest BCUT2D eigenvalue weighted by atomic mass is 10.2. The highest BCUT2D eigenvalue weighted by molar-refractivity contribution is 5.85. The molecule has 2 aromatic heterocycles. The van der Waals surface area contributed by atoms with Crippen LogP contribution < -0.4 is 10.1 Å². The third-order valence-electron chi connectivity index (χ3n) is 3.20. The van der Waals surface area contributed by atoms with Crippen LogP contribution in [0.1, 0.15) is 12.6 Å². The normalized spacial score (nSPS) is 11.0. The van der Waals surface area contributed by atoms with E-state index in [0.29, 0.717) is 0 Å². The van der Waals surface area contributed by atoms with Crippen LogP contribution in [-0.2, 0) is 13.6 Å². The van der Waals surface area contributed by atoms with E-state index in [0.717, 1.165) is 41.2 Å². The molecule has 0 saturated carbocycles. The Kier molecular flexibility index (Phi) is 3.83. The Morgan fingerprint density at radius 2 is 2.14 bits per heavy atom. The molecule has 0 spiro atoms. The predicted octanol–water partition coefficient (Wildman–Crippen LogP) is 2.87. The lowest BCUT2D eigenvalue weighted by molar-refractivity contribution is 0.486. The minimum Gasteiger partial charge on any atom is -0.453 e. The summed E-state index contributed by atoms with van der Waals surface area (Å²) in [6, 6.07) is 9.98. The van der Waals surface area contributed by atoms with Gasteiger partial charge in [0.1, 0.15) is 5.75 Å². The molecule has 0 aliphatic carbocycles. The van der Waals surface area contributed by atoms with Crippen molar-refractivity contribution < 1.29 is 4.74 Å². The van der Waals surface area contributed by atoms with E-state index in [1.807, 2.05) is 43.6 Å². The van der Waals surface area contributed by atoms with Crippen molar-refractivity contribution in [1.29, 1.82) is 0 Å². The van der Waals surface area contributed by atoms with Crippen molar-refractivity contribution in [3.05, 3.63) is 48.4 Å². The Labute approximate surface area is 123 Å². The standard InChI is InChI=1S/C16H18N4O/c1-3-17-9-12-8-16(21-13-10-18-20(2)11-13)14-6-4-5-7-15(14)19-12/h4-8,10-11,17H,3,9H2,1-2H3. The molecule has 3 rings (SSSR count). The van der Waals surface area contributed by atoms with Crippen molar-refractivity contribution >= 4 is 10.9 Å². The molecule has 0 atom stereocenters. The monoisotopic (exact) mass is 282 g/mol. The third kappa shape index (κ3) is 3.03. The van der Waals surface area contributed by atoms with Gasteiger partial charge in [-0.05, 0) is 18.7 Å². The molecule has 0 saturated heterocycles. The fourth-order valence-corrected chi connectivity index (χ4v) is 2.20. The number of ether oxygens (including phenoxy) is 1. The number of benzene rings is 1. The third-order valence-corrected chi connectivity index (χ3v) is 3.20. The topological polar surface area (TPSA) is 52.0 Å². The molecule has 0 radical (unpaired) electrons. The number of para-hydroxylation sites is 1. The fraction of sp³-hybridized carbons (Fsp3) is 0.250. The van der Waals surface area contributed by atoms with Crippen molar-refractivity contribution in [3.63, 3.8) is 0 Å². The maximum atomic E-state index is 5.98.